The van der Waals surface area contributed by atoms with Crippen molar-refractivity contribution in [2.24, 2.45) is 11.1 Å². The molecule has 0 bridgehead atoms. The summed E-state index contributed by atoms with van der Waals surface area (Å²) in [6.07, 6.45) is 0. The van der Waals surface area contributed by atoms with Gasteiger partial charge in [0.15, 0.2) is 0 Å². The maximum Gasteiger partial charge on any atom is 0.107 e. The van der Waals surface area contributed by atoms with Crippen molar-refractivity contribution in [3.8, 4) is 0 Å². The number of aromatic nitrogens is 1. The molecule has 0 spiro atoms. The first-order chi connectivity index (χ1) is 6.93. The van der Waals surface area contributed by atoms with Crippen molar-refractivity contribution in [2.45, 2.75) is 27.3 Å². The summed E-state index contributed by atoms with van der Waals surface area (Å²) in [4.78, 5) is 6.73. The lowest BCUT2D eigenvalue weighted by Gasteiger charge is -2.28. The zero-order valence-electron chi connectivity index (χ0n) is 10.1. The fourth-order valence-electron chi connectivity index (χ4n) is 1.56. The van der Waals surface area contributed by atoms with E-state index in [0.717, 1.165) is 18.8 Å². The van der Waals surface area contributed by atoms with Crippen molar-refractivity contribution >= 4 is 11.3 Å². The van der Waals surface area contributed by atoms with Gasteiger partial charge in [-0.15, -0.1) is 11.3 Å². The number of nitrogens with zero attached hydrogens (tertiary/aromatic N) is 2. The Morgan fingerprint density at radius 3 is 2.67 bits per heavy atom. The molecule has 0 aliphatic heterocycles. The number of hydrogen-bond acceptors (Lipinski definition) is 4. The van der Waals surface area contributed by atoms with Gasteiger partial charge in [-0.1, -0.05) is 13.8 Å². The molecule has 0 aliphatic carbocycles. The molecule has 0 radical (unpaired) electrons. The minimum absolute atomic E-state index is 0.182. The van der Waals surface area contributed by atoms with Crippen molar-refractivity contribution in [1.29, 1.82) is 0 Å². The van der Waals surface area contributed by atoms with E-state index in [2.05, 4.69) is 36.2 Å². The molecule has 0 aliphatic rings. The smallest absolute Gasteiger partial charge is 0.107 e. The second-order valence-electron chi connectivity index (χ2n) is 4.92. The summed E-state index contributed by atoms with van der Waals surface area (Å²) >= 11 is 1.73. The van der Waals surface area contributed by atoms with Crippen LogP contribution >= 0.6 is 11.3 Å². The molecule has 1 aromatic heterocycles. The molecule has 3 nitrogen and oxygen atoms in total. The van der Waals surface area contributed by atoms with E-state index < -0.39 is 0 Å². The van der Waals surface area contributed by atoms with Gasteiger partial charge in [0.1, 0.15) is 5.01 Å². The average molecular weight is 227 g/mol. The van der Waals surface area contributed by atoms with Crippen LogP contribution in [0.3, 0.4) is 0 Å². The summed E-state index contributed by atoms with van der Waals surface area (Å²) in [5.41, 5.74) is 7.01. The quantitative estimate of drug-likeness (QED) is 0.835. The molecule has 0 unspecified atom stereocenters. The van der Waals surface area contributed by atoms with E-state index in [0.29, 0.717) is 6.54 Å². The molecular weight excluding hydrogens is 206 g/mol. The zero-order chi connectivity index (χ0) is 11.5. The average Bonchev–Trinajstić information content (AvgIpc) is 2.50. The van der Waals surface area contributed by atoms with E-state index in [1.54, 1.807) is 11.3 Å². The molecule has 0 saturated heterocycles. The van der Waals surface area contributed by atoms with E-state index in [1.807, 2.05) is 6.92 Å². The Kier molecular flexibility index (Phi) is 4.25. The van der Waals surface area contributed by atoms with Crippen LogP contribution in [0.2, 0.25) is 0 Å². The molecule has 0 aromatic carbocycles. The van der Waals surface area contributed by atoms with Gasteiger partial charge in [0.05, 0.1) is 6.54 Å². The minimum Gasteiger partial charge on any atom is -0.330 e. The Morgan fingerprint density at radius 2 is 2.20 bits per heavy atom. The van der Waals surface area contributed by atoms with E-state index >= 15 is 0 Å². The lowest BCUT2D eigenvalue weighted by molar-refractivity contribution is 0.209. The van der Waals surface area contributed by atoms with Crippen molar-refractivity contribution in [1.82, 2.24) is 9.88 Å². The van der Waals surface area contributed by atoms with Crippen LogP contribution in [0.15, 0.2) is 5.38 Å². The summed E-state index contributed by atoms with van der Waals surface area (Å²) in [5, 5.41) is 3.28. The SMILES string of the molecule is Cc1csc(CN(C)CC(C)(C)CN)n1. The predicted molar refractivity (Wildman–Crippen MR) is 66.0 cm³/mol. The zero-order valence-corrected chi connectivity index (χ0v) is 10.9. The normalized spacial score (nSPS) is 12.4. The second-order valence-corrected chi connectivity index (χ2v) is 5.87. The van der Waals surface area contributed by atoms with Crippen molar-refractivity contribution in [3.05, 3.63) is 16.1 Å². The highest BCUT2D eigenvalue weighted by Gasteiger charge is 2.18. The molecule has 1 heterocycles. The Hall–Kier alpha value is -0.450. The van der Waals surface area contributed by atoms with Crippen LogP contribution < -0.4 is 5.73 Å². The van der Waals surface area contributed by atoms with Crippen molar-refractivity contribution < 1.29 is 0 Å². The highest BCUT2D eigenvalue weighted by molar-refractivity contribution is 7.09. The van der Waals surface area contributed by atoms with Gasteiger partial charge < -0.3 is 5.73 Å². The standard InChI is InChI=1S/C11H21N3S/c1-9-6-15-10(13-9)5-14(4)8-11(2,3)7-12/h6H,5,7-8,12H2,1-4H3. The topological polar surface area (TPSA) is 42.1 Å². The third-order valence-corrected chi connectivity index (χ3v) is 3.27. The van der Waals surface area contributed by atoms with Gasteiger partial charge in [-0.25, -0.2) is 4.98 Å². The molecule has 0 fully saturated rings. The van der Waals surface area contributed by atoms with Crippen LogP contribution in [0.1, 0.15) is 24.5 Å². The fourth-order valence-corrected chi connectivity index (χ4v) is 2.41. The highest BCUT2D eigenvalue weighted by Crippen LogP contribution is 2.17. The summed E-state index contributed by atoms with van der Waals surface area (Å²) < 4.78 is 0. The van der Waals surface area contributed by atoms with Crippen LogP contribution in [-0.4, -0.2) is 30.0 Å². The third-order valence-electron chi connectivity index (χ3n) is 2.32. The van der Waals surface area contributed by atoms with Crippen LogP contribution in [0.25, 0.3) is 0 Å². The van der Waals surface area contributed by atoms with Crippen LogP contribution in [0.5, 0.6) is 0 Å². The lowest BCUT2D eigenvalue weighted by atomic mass is 9.93. The summed E-state index contributed by atoms with van der Waals surface area (Å²) in [7, 11) is 2.12. The molecule has 0 atom stereocenters. The van der Waals surface area contributed by atoms with Gasteiger partial charge in [0.2, 0.25) is 0 Å². The van der Waals surface area contributed by atoms with Gasteiger partial charge >= 0.3 is 0 Å². The van der Waals surface area contributed by atoms with E-state index in [9.17, 15) is 0 Å². The first-order valence-corrected chi connectivity index (χ1v) is 6.10. The number of aryl methyl sites for hydroxylation is 1. The largest absolute Gasteiger partial charge is 0.330 e. The van der Waals surface area contributed by atoms with Crippen molar-refractivity contribution in [3.63, 3.8) is 0 Å². The fraction of sp³-hybridized carbons (Fsp3) is 0.727. The molecule has 1 rings (SSSR count). The predicted octanol–water partition coefficient (Wildman–Crippen LogP) is 1.87. The van der Waals surface area contributed by atoms with E-state index in [4.69, 9.17) is 5.73 Å². The van der Waals surface area contributed by atoms with Crippen LogP contribution in [-0.2, 0) is 6.54 Å². The number of nitrogens with two attached hydrogens (primary N) is 1. The van der Waals surface area contributed by atoms with Gasteiger partial charge in [-0.3, -0.25) is 4.90 Å². The summed E-state index contributed by atoms with van der Waals surface area (Å²) in [6.45, 7) is 9.05. The van der Waals surface area contributed by atoms with Gasteiger partial charge in [-0.05, 0) is 25.9 Å². The number of hydrogen-bond donors (Lipinski definition) is 1. The number of rotatable bonds is 5. The van der Waals surface area contributed by atoms with Gasteiger partial charge in [0.25, 0.3) is 0 Å². The first kappa shape index (κ1) is 12.6. The molecule has 2 N–H and O–H groups in total. The van der Waals surface area contributed by atoms with Crippen LogP contribution in [0.4, 0.5) is 0 Å². The first-order valence-electron chi connectivity index (χ1n) is 5.22. The Morgan fingerprint density at radius 1 is 1.53 bits per heavy atom. The minimum atomic E-state index is 0.182. The van der Waals surface area contributed by atoms with Gasteiger partial charge in [-0.2, -0.15) is 0 Å². The monoisotopic (exact) mass is 227 g/mol. The van der Waals surface area contributed by atoms with E-state index in [1.165, 1.54) is 5.01 Å². The Labute approximate surface area is 96.3 Å². The molecular formula is C11H21N3S. The molecule has 0 amide bonds. The highest BCUT2D eigenvalue weighted by atomic mass is 32.1. The maximum absolute atomic E-state index is 5.71. The molecule has 4 heteroatoms. The molecule has 86 valence electrons. The van der Waals surface area contributed by atoms with Crippen molar-refractivity contribution in [2.75, 3.05) is 20.1 Å². The second kappa shape index (κ2) is 5.05. The summed E-state index contributed by atoms with van der Waals surface area (Å²) in [5.74, 6) is 0. The summed E-state index contributed by atoms with van der Waals surface area (Å²) in [6, 6.07) is 0. The maximum atomic E-state index is 5.71. The lowest BCUT2D eigenvalue weighted by Crippen LogP contribution is -2.36. The number of thiazole rings is 1. The third kappa shape index (κ3) is 4.28. The Balaban J connectivity index is 2.46. The van der Waals surface area contributed by atoms with E-state index in [-0.39, 0.29) is 5.41 Å². The Bertz CT molecular complexity index is 307. The van der Waals surface area contributed by atoms with Crippen LogP contribution in [0, 0.1) is 12.3 Å². The molecule has 0 saturated carbocycles. The molecule has 1 aromatic rings. The molecule has 15 heavy (non-hydrogen) atoms. The van der Waals surface area contributed by atoms with Gasteiger partial charge in [0, 0.05) is 17.6 Å².